The Bertz CT molecular complexity index is 207. The van der Waals surface area contributed by atoms with E-state index >= 15 is 0 Å². The van der Waals surface area contributed by atoms with E-state index in [-0.39, 0.29) is 5.92 Å². The fraction of sp³-hybridized carbons (Fsp3) is 0.938. The SMILES string of the molecule is CC(C)C(=O)[O-].CCCCCCCCC[N+](C)(C)C. The van der Waals surface area contributed by atoms with E-state index in [9.17, 15) is 9.90 Å². The molecule has 0 fully saturated rings. The number of quaternary nitrogens is 1. The molecule has 0 saturated heterocycles. The lowest BCUT2D eigenvalue weighted by Crippen LogP contribution is -2.35. The zero-order valence-corrected chi connectivity index (χ0v) is 14.0. The highest BCUT2D eigenvalue weighted by Crippen LogP contribution is 2.07. The van der Waals surface area contributed by atoms with Gasteiger partial charge in [0.25, 0.3) is 0 Å². The Labute approximate surface area is 120 Å². The molecular formula is C16H35NO2. The molecule has 0 aliphatic carbocycles. The molecule has 0 unspecified atom stereocenters. The fourth-order valence-electron chi connectivity index (χ4n) is 1.54. The van der Waals surface area contributed by atoms with Gasteiger partial charge in [-0.2, -0.15) is 0 Å². The van der Waals surface area contributed by atoms with Crippen LogP contribution in [0.3, 0.4) is 0 Å². The summed E-state index contributed by atoms with van der Waals surface area (Å²) in [5.74, 6) is -1.33. The van der Waals surface area contributed by atoms with Crippen LogP contribution in [0.2, 0.25) is 0 Å². The first-order valence-electron chi connectivity index (χ1n) is 7.72. The van der Waals surface area contributed by atoms with Crippen LogP contribution in [0, 0.1) is 5.92 Å². The predicted octanol–water partition coefficient (Wildman–Crippen LogP) is 2.84. The van der Waals surface area contributed by atoms with Crippen molar-refractivity contribution in [1.29, 1.82) is 0 Å². The topological polar surface area (TPSA) is 40.1 Å². The largest absolute Gasteiger partial charge is 0.550 e. The van der Waals surface area contributed by atoms with Gasteiger partial charge in [-0.05, 0) is 18.8 Å². The summed E-state index contributed by atoms with van der Waals surface area (Å²) in [5.41, 5.74) is 0. The number of nitrogens with zero attached hydrogens (tertiary/aromatic N) is 1. The zero-order chi connectivity index (χ0) is 15.3. The lowest BCUT2D eigenvalue weighted by Gasteiger charge is -2.23. The van der Waals surface area contributed by atoms with Crippen molar-refractivity contribution < 1.29 is 14.4 Å². The Morgan fingerprint density at radius 3 is 1.63 bits per heavy atom. The van der Waals surface area contributed by atoms with Crippen LogP contribution in [0.25, 0.3) is 0 Å². The van der Waals surface area contributed by atoms with Gasteiger partial charge in [0.05, 0.1) is 27.7 Å². The molecule has 3 heteroatoms. The summed E-state index contributed by atoms with van der Waals surface area (Å²) in [4.78, 5) is 9.59. The van der Waals surface area contributed by atoms with E-state index in [0.29, 0.717) is 0 Å². The third kappa shape index (κ3) is 23.0. The number of hydrogen-bond donors (Lipinski definition) is 0. The Kier molecular flexibility index (Phi) is 13.6. The normalized spacial score (nSPS) is 11.1. The first kappa shape index (κ1) is 20.7. The third-order valence-corrected chi connectivity index (χ3v) is 2.90. The van der Waals surface area contributed by atoms with E-state index in [0.717, 1.165) is 4.48 Å². The Hall–Kier alpha value is -0.570. The van der Waals surface area contributed by atoms with Crippen molar-refractivity contribution in [1.82, 2.24) is 0 Å². The van der Waals surface area contributed by atoms with Gasteiger partial charge in [0.1, 0.15) is 0 Å². The molecule has 0 aromatic rings. The lowest BCUT2D eigenvalue weighted by atomic mass is 10.1. The minimum Gasteiger partial charge on any atom is -0.550 e. The standard InChI is InChI=1S/C12H28N.C4H8O2/c1-5-6-7-8-9-10-11-12-13(2,3)4;1-3(2)4(5)6/h5-12H2,1-4H3;3H,1-2H3,(H,5,6)/q+1;/p-1. The second-order valence-electron chi connectivity index (χ2n) is 6.61. The fourth-order valence-corrected chi connectivity index (χ4v) is 1.54. The molecule has 0 atom stereocenters. The van der Waals surface area contributed by atoms with Gasteiger partial charge in [0, 0.05) is 5.97 Å². The molecule has 116 valence electrons. The van der Waals surface area contributed by atoms with Crippen LogP contribution in [0.15, 0.2) is 0 Å². The number of carbonyl (C=O) groups is 1. The van der Waals surface area contributed by atoms with Crippen LogP contribution in [0.4, 0.5) is 0 Å². The number of carbonyl (C=O) groups excluding carboxylic acids is 1. The minimum atomic E-state index is -0.991. The summed E-state index contributed by atoms with van der Waals surface area (Å²) in [6, 6.07) is 0. The molecule has 19 heavy (non-hydrogen) atoms. The Morgan fingerprint density at radius 1 is 0.947 bits per heavy atom. The molecule has 0 saturated carbocycles. The average molecular weight is 273 g/mol. The molecule has 0 aromatic carbocycles. The van der Waals surface area contributed by atoms with E-state index in [4.69, 9.17) is 0 Å². The van der Waals surface area contributed by atoms with Crippen molar-refractivity contribution in [2.45, 2.75) is 65.7 Å². The molecular weight excluding hydrogens is 238 g/mol. The zero-order valence-electron chi connectivity index (χ0n) is 14.0. The third-order valence-electron chi connectivity index (χ3n) is 2.90. The average Bonchev–Trinajstić information content (AvgIpc) is 2.27. The maximum absolute atomic E-state index is 9.59. The number of carboxylic acids is 1. The van der Waals surface area contributed by atoms with Gasteiger partial charge in [-0.25, -0.2) is 0 Å². The summed E-state index contributed by atoms with van der Waals surface area (Å²) in [7, 11) is 6.82. The van der Waals surface area contributed by atoms with Crippen LogP contribution in [-0.4, -0.2) is 38.1 Å². The first-order chi connectivity index (χ1) is 8.70. The quantitative estimate of drug-likeness (QED) is 0.479. The Morgan fingerprint density at radius 2 is 1.32 bits per heavy atom. The van der Waals surface area contributed by atoms with Crippen molar-refractivity contribution in [3.05, 3.63) is 0 Å². The van der Waals surface area contributed by atoms with Gasteiger partial charge in [-0.3, -0.25) is 0 Å². The number of hydrogen-bond acceptors (Lipinski definition) is 2. The van der Waals surface area contributed by atoms with Crippen LogP contribution in [-0.2, 0) is 4.79 Å². The van der Waals surface area contributed by atoms with Gasteiger partial charge >= 0.3 is 0 Å². The monoisotopic (exact) mass is 273 g/mol. The van der Waals surface area contributed by atoms with E-state index in [1.807, 2.05) is 0 Å². The minimum absolute atomic E-state index is 0.343. The van der Waals surface area contributed by atoms with E-state index in [1.54, 1.807) is 13.8 Å². The molecule has 0 bridgehead atoms. The second-order valence-corrected chi connectivity index (χ2v) is 6.61. The summed E-state index contributed by atoms with van der Waals surface area (Å²) in [6.07, 6.45) is 9.95. The van der Waals surface area contributed by atoms with Gasteiger partial charge in [0.2, 0.25) is 0 Å². The highest BCUT2D eigenvalue weighted by Gasteiger charge is 2.04. The van der Waals surface area contributed by atoms with Crippen molar-refractivity contribution in [2.24, 2.45) is 5.92 Å². The molecule has 0 radical (unpaired) electrons. The first-order valence-corrected chi connectivity index (χ1v) is 7.72. The Balaban J connectivity index is 0. The molecule has 0 aliphatic heterocycles. The van der Waals surface area contributed by atoms with E-state index < -0.39 is 5.97 Å². The molecule has 0 N–H and O–H groups in total. The van der Waals surface area contributed by atoms with Crippen LogP contribution < -0.4 is 5.11 Å². The van der Waals surface area contributed by atoms with Crippen LogP contribution in [0.1, 0.15) is 65.7 Å². The molecule has 0 heterocycles. The van der Waals surface area contributed by atoms with E-state index in [2.05, 4.69) is 28.1 Å². The predicted molar refractivity (Wildman–Crippen MR) is 80.7 cm³/mol. The summed E-state index contributed by atoms with van der Waals surface area (Å²) < 4.78 is 1.12. The maximum Gasteiger partial charge on any atom is 0.0780 e. The second kappa shape index (κ2) is 12.5. The molecule has 0 spiro atoms. The summed E-state index contributed by atoms with van der Waals surface area (Å²) >= 11 is 0. The highest BCUT2D eigenvalue weighted by atomic mass is 16.4. The number of aliphatic carboxylic acids is 1. The smallest absolute Gasteiger partial charge is 0.0780 e. The molecule has 0 rings (SSSR count). The summed E-state index contributed by atoms with van der Waals surface area (Å²) in [6.45, 7) is 6.76. The van der Waals surface area contributed by atoms with Gasteiger partial charge in [0.15, 0.2) is 0 Å². The molecule has 0 aromatic heterocycles. The molecule has 0 aliphatic rings. The lowest BCUT2D eigenvalue weighted by molar-refractivity contribution is -0.870. The number of carboxylic acid groups (broad SMARTS) is 1. The van der Waals surface area contributed by atoms with Gasteiger partial charge in [-0.15, -0.1) is 0 Å². The van der Waals surface area contributed by atoms with Crippen molar-refractivity contribution in [3.63, 3.8) is 0 Å². The van der Waals surface area contributed by atoms with Crippen LogP contribution >= 0.6 is 0 Å². The van der Waals surface area contributed by atoms with Gasteiger partial charge < -0.3 is 14.4 Å². The van der Waals surface area contributed by atoms with Crippen molar-refractivity contribution >= 4 is 5.97 Å². The molecule has 0 amide bonds. The highest BCUT2D eigenvalue weighted by molar-refractivity contribution is 5.66. The maximum atomic E-state index is 9.59. The van der Waals surface area contributed by atoms with Gasteiger partial charge in [-0.1, -0.05) is 52.9 Å². The van der Waals surface area contributed by atoms with Crippen LogP contribution in [0.5, 0.6) is 0 Å². The number of rotatable bonds is 9. The van der Waals surface area contributed by atoms with E-state index in [1.165, 1.54) is 51.5 Å². The van der Waals surface area contributed by atoms with Crippen molar-refractivity contribution in [3.8, 4) is 0 Å². The molecule has 3 nitrogen and oxygen atoms in total. The number of unbranched alkanes of at least 4 members (excludes halogenated alkanes) is 6. The van der Waals surface area contributed by atoms with Crippen molar-refractivity contribution in [2.75, 3.05) is 27.7 Å². The summed E-state index contributed by atoms with van der Waals surface area (Å²) in [5, 5.41) is 9.59.